The highest BCUT2D eigenvalue weighted by Gasteiger charge is 1.82. The third kappa shape index (κ3) is 7.70. The lowest BCUT2D eigenvalue weighted by atomic mass is 10.2. The van der Waals surface area contributed by atoms with Gasteiger partial charge in [-0.1, -0.05) is 12.2 Å². The molecule has 0 spiro atoms. The minimum Gasteiger partial charge on any atom is -0.379 e. The van der Waals surface area contributed by atoms with Crippen molar-refractivity contribution in [3.63, 3.8) is 0 Å². The summed E-state index contributed by atoms with van der Waals surface area (Å²) in [5.74, 6) is 0. The number of allylic oxidation sites excluding steroid dienone is 2. The predicted octanol–water partition coefficient (Wildman–Crippen LogP) is 2.54. The molecule has 1 heteroatoms. The largest absolute Gasteiger partial charge is 0.379 e. The maximum Gasteiger partial charge on any atom is 0.0700 e. The molecular formula is C8H15O. The second-order valence-electron chi connectivity index (χ2n) is 1.97. The smallest absolute Gasteiger partial charge is 0.0700 e. The van der Waals surface area contributed by atoms with E-state index in [-0.39, 0.29) is 0 Å². The van der Waals surface area contributed by atoms with Gasteiger partial charge in [0.25, 0.3) is 0 Å². The van der Waals surface area contributed by atoms with Crippen LogP contribution in [0.25, 0.3) is 0 Å². The molecule has 0 saturated heterocycles. The van der Waals surface area contributed by atoms with E-state index in [9.17, 15) is 0 Å². The summed E-state index contributed by atoms with van der Waals surface area (Å²) in [7, 11) is 3.29. The summed E-state index contributed by atoms with van der Waals surface area (Å²) >= 11 is 0. The van der Waals surface area contributed by atoms with Crippen molar-refractivity contribution in [2.24, 2.45) is 0 Å². The highest BCUT2D eigenvalue weighted by Crippen LogP contribution is 1.95. The highest BCUT2D eigenvalue weighted by atomic mass is 16.5. The number of ether oxygens (including phenoxy) is 1. The second kappa shape index (κ2) is 7.70. The van der Waals surface area contributed by atoms with Crippen LogP contribution in [-0.2, 0) is 4.74 Å². The molecule has 0 saturated carbocycles. The molecule has 0 unspecified atom stereocenters. The van der Waals surface area contributed by atoms with Crippen molar-refractivity contribution in [3.05, 3.63) is 19.3 Å². The molecule has 53 valence electrons. The fourth-order valence-corrected chi connectivity index (χ4v) is 0.633. The molecule has 0 aromatic heterocycles. The zero-order valence-corrected chi connectivity index (χ0v) is 6.10. The molecule has 9 heavy (non-hydrogen) atoms. The standard InChI is InChI=1S/C8H15O/c1-3-4-5-6-7-8-9-2/h3-4H,2,5-8H2,1H3. The minimum absolute atomic E-state index is 0.789. The number of hydrogen-bond donors (Lipinski definition) is 0. The maximum absolute atomic E-state index is 4.65. The van der Waals surface area contributed by atoms with E-state index in [1.165, 1.54) is 12.8 Å². The fourth-order valence-electron chi connectivity index (χ4n) is 0.633. The van der Waals surface area contributed by atoms with Gasteiger partial charge < -0.3 is 4.74 Å². The Balaban J connectivity index is 2.75. The van der Waals surface area contributed by atoms with Gasteiger partial charge in [0.05, 0.1) is 7.11 Å². The van der Waals surface area contributed by atoms with Gasteiger partial charge in [0, 0.05) is 6.61 Å². The monoisotopic (exact) mass is 127 g/mol. The van der Waals surface area contributed by atoms with Gasteiger partial charge in [0.1, 0.15) is 0 Å². The molecular weight excluding hydrogens is 112 g/mol. The number of hydrogen-bond acceptors (Lipinski definition) is 1. The zero-order valence-electron chi connectivity index (χ0n) is 6.10. The van der Waals surface area contributed by atoms with Crippen LogP contribution in [0.5, 0.6) is 0 Å². The summed E-state index contributed by atoms with van der Waals surface area (Å²) in [5, 5.41) is 0. The van der Waals surface area contributed by atoms with Crippen molar-refractivity contribution in [2.45, 2.75) is 26.2 Å². The zero-order chi connectivity index (χ0) is 6.95. The van der Waals surface area contributed by atoms with E-state index in [0.717, 1.165) is 13.0 Å². The Labute approximate surface area is 57.7 Å². The molecule has 0 aliphatic rings. The average Bonchev–Trinajstić information content (AvgIpc) is 1.89. The van der Waals surface area contributed by atoms with Gasteiger partial charge in [-0.15, -0.1) is 0 Å². The summed E-state index contributed by atoms with van der Waals surface area (Å²) < 4.78 is 4.65. The first-order valence-electron chi connectivity index (χ1n) is 3.40. The first kappa shape index (κ1) is 8.70. The van der Waals surface area contributed by atoms with Gasteiger partial charge in [-0.25, -0.2) is 0 Å². The topological polar surface area (TPSA) is 9.23 Å². The Morgan fingerprint density at radius 2 is 2.22 bits per heavy atom. The van der Waals surface area contributed by atoms with E-state index in [2.05, 4.69) is 24.0 Å². The molecule has 0 N–H and O–H groups in total. The van der Waals surface area contributed by atoms with Crippen LogP contribution in [0.4, 0.5) is 0 Å². The molecule has 0 heterocycles. The van der Waals surface area contributed by atoms with E-state index >= 15 is 0 Å². The van der Waals surface area contributed by atoms with Gasteiger partial charge in [-0.3, -0.25) is 0 Å². The normalized spacial score (nSPS) is 10.9. The SMILES string of the molecule is [CH2]OCCCCC=CC. The molecule has 0 atom stereocenters. The Morgan fingerprint density at radius 3 is 2.78 bits per heavy atom. The van der Waals surface area contributed by atoms with Gasteiger partial charge in [0.2, 0.25) is 0 Å². The van der Waals surface area contributed by atoms with E-state index in [0.29, 0.717) is 0 Å². The molecule has 1 radical (unpaired) electrons. The van der Waals surface area contributed by atoms with Gasteiger partial charge in [-0.2, -0.15) is 0 Å². The van der Waals surface area contributed by atoms with Crippen molar-refractivity contribution in [3.8, 4) is 0 Å². The molecule has 0 aromatic rings. The van der Waals surface area contributed by atoms with Crippen molar-refractivity contribution in [1.82, 2.24) is 0 Å². The molecule has 1 nitrogen and oxygen atoms in total. The van der Waals surface area contributed by atoms with Crippen LogP contribution in [0, 0.1) is 7.11 Å². The van der Waals surface area contributed by atoms with Gasteiger partial charge in [0.15, 0.2) is 0 Å². The molecule has 0 aliphatic heterocycles. The Hall–Kier alpha value is -0.300. The lowest BCUT2D eigenvalue weighted by molar-refractivity contribution is 0.235. The molecule has 0 amide bonds. The van der Waals surface area contributed by atoms with Crippen LogP contribution in [0.1, 0.15) is 26.2 Å². The first-order valence-corrected chi connectivity index (χ1v) is 3.40. The van der Waals surface area contributed by atoms with Gasteiger partial charge in [-0.05, 0) is 26.2 Å². The second-order valence-corrected chi connectivity index (χ2v) is 1.97. The lowest BCUT2D eigenvalue weighted by Crippen LogP contribution is -1.84. The molecule has 0 aromatic carbocycles. The van der Waals surface area contributed by atoms with E-state index < -0.39 is 0 Å². The summed E-state index contributed by atoms with van der Waals surface area (Å²) in [6, 6.07) is 0. The molecule has 0 rings (SSSR count). The average molecular weight is 127 g/mol. The highest BCUT2D eigenvalue weighted by molar-refractivity contribution is 4.75. The lowest BCUT2D eigenvalue weighted by Gasteiger charge is -1.93. The first-order chi connectivity index (χ1) is 4.41. The third-order valence-electron chi connectivity index (χ3n) is 1.15. The third-order valence-corrected chi connectivity index (χ3v) is 1.15. The molecule has 0 fully saturated rings. The quantitative estimate of drug-likeness (QED) is 0.407. The summed E-state index contributed by atoms with van der Waals surface area (Å²) in [5.41, 5.74) is 0. The Morgan fingerprint density at radius 1 is 1.44 bits per heavy atom. The van der Waals surface area contributed by atoms with Crippen molar-refractivity contribution >= 4 is 0 Å². The Bertz CT molecular complexity index is 67.0. The van der Waals surface area contributed by atoms with E-state index in [1.807, 2.05) is 6.92 Å². The minimum atomic E-state index is 0.789. The van der Waals surface area contributed by atoms with Crippen LogP contribution < -0.4 is 0 Å². The summed E-state index contributed by atoms with van der Waals surface area (Å²) in [4.78, 5) is 0. The van der Waals surface area contributed by atoms with Crippen molar-refractivity contribution < 1.29 is 4.74 Å². The van der Waals surface area contributed by atoms with Crippen LogP contribution >= 0.6 is 0 Å². The summed E-state index contributed by atoms with van der Waals surface area (Å²) in [6.07, 6.45) is 7.74. The molecule has 0 bridgehead atoms. The van der Waals surface area contributed by atoms with Crippen LogP contribution in [0.15, 0.2) is 12.2 Å². The van der Waals surface area contributed by atoms with Crippen LogP contribution in [-0.4, -0.2) is 6.61 Å². The number of unbranched alkanes of at least 4 members (excludes halogenated alkanes) is 2. The fraction of sp³-hybridized carbons (Fsp3) is 0.625. The van der Waals surface area contributed by atoms with Crippen molar-refractivity contribution in [1.29, 1.82) is 0 Å². The van der Waals surface area contributed by atoms with E-state index in [4.69, 9.17) is 0 Å². The van der Waals surface area contributed by atoms with Crippen LogP contribution in [0.3, 0.4) is 0 Å². The van der Waals surface area contributed by atoms with E-state index in [1.54, 1.807) is 0 Å². The maximum atomic E-state index is 4.65. The van der Waals surface area contributed by atoms with Crippen LogP contribution in [0.2, 0.25) is 0 Å². The van der Waals surface area contributed by atoms with Gasteiger partial charge >= 0.3 is 0 Å². The van der Waals surface area contributed by atoms with Crippen molar-refractivity contribution in [2.75, 3.05) is 6.61 Å². The summed E-state index contributed by atoms with van der Waals surface area (Å²) in [6.45, 7) is 2.83. The Kier molecular flexibility index (Phi) is 7.44. The predicted molar refractivity (Wildman–Crippen MR) is 40.0 cm³/mol. The number of rotatable bonds is 5. The molecule has 0 aliphatic carbocycles.